The average molecular weight is 508 g/mol. The minimum atomic E-state index is -1.64. The lowest BCUT2D eigenvalue weighted by atomic mass is 9.96. The summed E-state index contributed by atoms with van der Waals surface area (Å²) in [6, 6.07) is 10.2. The highest BCUT2D eigenvalue weighted by Gasteiger charge is 2.58. The number of piperazine rings is 1. The second kappa shape index (κ2) is 12.0. The molecule has 35 heavy (non-hydrogen) atoms. The minimum Gasteiger partial charge on any atom is -0.483 e. The lowest BCUT2D eigenvalue weighted by molar-refractivity contribution is -0.141. The SMILES string of the molecule is COCCN1CC2CCC(C(=O)NO)(C1)N2S(=O)c1ccc(Oc2ccc(N)cc2)nc1.O=CO. The van der Waals surface area contributed by atoms with Gasteiger partial charge in [0.25, 0.3) is 12.4 Å². The zero-order chi connectivity index (χ0) is 25.4. The molecule has 2 aromatic rings. The molecule has 5 N–H and O–H groups in total. The fourth-order valence-electron chi connectivity index (χ4n) is 4.40. The molecule has 2 fully saturated rings. The maximum atomic E-state index is 13.6. The summed E-state index contributed by atoms with van der Waals surface area (Å²) in [6.45, 7) is 1.97. The molecule has 1 amide bonds. The van der Waals surface area contributed by atoms with Crippen molar-refractivity contribution >= 4 is 29.1 Å². The molecule has 1 aromatic carbocycles. The van der Waals surface area contributed by atoms with E-state index >= 15 is 0 Å². The predicted octanol–water partition coefficient (Wildman–Crippen LogP) is 0.850. The molecule has 3 atom stereocenters. The van der Waals surface area contributed by atoms with Crippen molar-refractivity contribution in [1.82, 2.24) is 19.7 Å². The van der Waals surface area contributed by atoms with Crippen LogP contribution in [-0.2, 0) is 25.3 Å². The molecule has 13 heteroatoms. The van der Waals surface area contributed by atoms with Gasteiger partial charge in [-0.1, -0.05) is 0 Å². The number of ether oxygens (including phenoxy) is 2. The lowest BCUT2D eigenvalue weighted by Crippen LogP contribution is -2.67. The second-order valence-corrected chi connectivity index (χ2v) is 9.44. The molecular formula is C22H29N5O7S. The fraction of sp³-hybridized carbons (Fsp3) is 0.409. The third-order valence-corrected chi connectivity index (χ3v) is 7.58. The van der Waals surface area contributed by atoms with Crippen molar-refractivity contribution in [2.45, 2.75) is 29.3 Å². The van der Waals surface area contributed by atoms with Crippen molar-refractivity contribution < 1.29 is 33.6 Å². The highest BCUT2D eigenvalue weighted by Crippen LogP contribution is 2.42. The topological polar surface area (TPSA) is 168 Å². The number of carbonyl (C=O) groups is 2. The van der Waals surface area contributed by atoms with Gasteiger partial charge in [0.05, 0.1) is 11.5 Å². The molecule has 4 rings (SSSR count). The first-order valence-electron chi connectivity index (χ1n) is 10.8. The van der Waals surface area contributed by atoms with Crippen molar-refractivity contribution in [2.24, 2.45) is 0 Å². The van der Waals surface area contributed by atoms with Gasteiger partial charge in [0, 0.05) is 50.7 Å². The largest absolute Gasteiger partial charge is 0.483 e. The number of nitrogens with two attached hydrogens (primary N) is 1. The Kier molecular flexibility index (Phi) is 9.12. The van der Waals surface area contributed by atoms with Gasteiger partial charge in [-0.05, 0) is 43.2 Å². The van der Waals surface area contributed by atoms with E-state index in [9.17, 15) is 14.2 Å². The number of nitrogens with one attached hydrogen (secondary N) is 1. The first kappa shape index (κ1) is 26.5. The van der Waals surface area contributed by atoms with E-state index in [2.05, 4.69) is 9.88 Å². The molecule has 1 aromatic heterocycles. The third-order valence-electron chi connectivity index (χ3n) is 5.93. The first-order valence-corrected chi connectivity index (χ1v) is 11.9. The Bertz CT molecular complexity index is 1020. The van der Waals surface area contributed by atoms with Crippen LogP contribution in [0.25, 0.3) is 0 Å². The summed E-state index contributed by atoms with van der Waals surface area (Å²) in [5, 5.41) is 16.3. The van der Waals surface area contributed by atoms with Crippen LogP contribution in [0.5, 0.6) is 11.6 Å². The molecule has 3 unspecified atom stereocenters. The molecule has 2 saturated heterocycles. The highest BCUT2D eigenvalue weighted by molar-refractivity contribution is 7.82. The standard InChI is InChI=1S/C21H27N5O5S.CH2O2/c1-30-11-10-25-13-16-8-9-21(14-25,20(27)24-28)26(16)32(29)18-6-7-19(23-12-18)31-17-4-2-15(22)3-5-17;2-1-3/h2-7,12,16,28H,8-11,13-14,22H2,1H3,(H,24,27);1H,(H,2,3). The van der Waals surface area contributed by atoms with Gasteiger partial charge >= 0.3 is 0 Å². The Morgan fingerprint density at radius 3 is 2.66 bits per heavy atom. The van der Waals surface area contributed by atoms with Crippen molar-refractivity contribution in [3.05, 3.63) is 42.6 Å². The molecule has 2 bridgehead atoms. The van der Waals surface area contributed by atoms with Crippen LogP contribution in [0.1, 0.15) is 12.8 Å². The van der Waals surface area contributed by atoms with E-state index in [1.165, 1.54) is 6.20 Å². The van der Waals surface area contributed by atoms with Crippen LogP contribution in [0.3, 0.4) is 0 Å². The van der Waals surface area contributed by atoms with Gasteiger partial charge in [-0.3, -0.25) is 19.7 Å². The number of fused-ring (bicyclic) bond motifs is 2. The molecule has 3 heterocycles. The number of carbonyl (C=O) groups excluding carboxylic acids is 1. The van der Waals surface area contributed by atoms with Crippen molar-refractivity contribution in [1.29, 1.82) is 0 Å². The Morgan fingerprint density at radius 1 is 1.34 bits per heavy atom. The van der Waals surface area contributed by atoms with Gasteiger partial charge in [-0.15, -0.1) is 0 Å². The average Bonchev–Trinajstić information content (AvgIpc) is 3.11. The van der Waals surface area contributed by atoms with E-state index in [-0.39, 0.29) is 12.5 Å². The molecule has 0 radical (unpaired) electrons. The Morgan fingerprint density at radius 2 is 2.06 bits per heavy atom. The normalized spacial score (nSPS) is 22.5. The molecule has 0 saturated carbocycles. The maximum Gasteiger partial charge on any atom is 0.290 e. The van der Waals surface area contributed by atoms with Crippen LogP contribution < -0.4 is 16.0 Å². The third kappa shape index (κ3) is 5.94. The zero-order valence-electron chi connectivity index (χ0n) is 19.2. The maximum absolute atomic E-state index is 13.6. The van der Waals surface area contributed by atoms with Crippen LogP contribution in [0.15, 0.2) is 47.5 Å². The Hall–Kier alpha value is -3.10. The molecule has 2 aliphatic heterocycles. The van der Waals surface area contributed by atoms with Gasteiger partial charge < -0.3 is 20.3 Å². The molecule has 2 aliphatic rings. The van der Waals surface area contributed by atoms with E-state index in [0.29, 0.717) is 61.3 Å². The quantitative estimate of drug-likeness (QED) is 0.174. The van der Waals surface area contributed by atoms with Crippen LogP contribution in [0.4, 0.5) is 5.69 Å². The van der Waals surface area contributed by atoms with Crippen molar-refractivity contribution in [3.8, 4) is 11.6 Å². The van der Waals surface area contributed by atoms with Gasteiger partial charge in [0.1, 0.15) is 22.3 Å². The fourth-order valence-corrected chi connectivity index (χ4v) is 5.95. The van der Waals surface area contributed by atoms with Gasteiger partial charge in [-0.25, -0.2) is 14.7 Å². The molecule has 190 valence electrons. The van der Waals surface area contributed by atoms with E-state index in [0.717, 1.165) is 0 Å². The minimum absolute atomic E-state index is 0.0931. The van der Waals surface area contributed by atoms with Crippen LogP contribution in [0.2, 0.25) is 0 Å². The highest BCUT2D eigenvalue weighted by atomic mass is 32.2. The van der Waals surface area contributed by atoms with Crippen molar-refractivity contribution in [3.63, 3.8) is 0 Å². The van der Waals surface area contributed by atoms with E-state index in [1.54, 1.807) is 53.3 Å². The number of pyridine rings is 1. The lowest BCUT2D eigenvalue weighted by Gasteiger charge is -2.46. The van der Waals surface area contributed by atoms with Crippen LogP contribution in [-0.4, -0.2) is 86.0 Å². The summed E-state index contributed by atoms with van der Waals surface area (Å²) < 4.78 is 26.1. The van der Waals surface area contributed by atoms with Crippen molar-refractivity contribution in [2.75, 3.05) is 39.1 Å². The summed E-state index contributed by atoms with van der Waals surface area (Å²) in [5.41, 5.74) is 7.02. The number of likely N-dealkylation sites (tertiary alicyclic amines) is 1. The molecular weight excluding hydrogens is 478 g/mol. The number of amides is 1. The number of hydrogen-bond donors (Lipinski definition) is 4. The summed E-state index contributed by atoms with van der Waals surface area (Å²) in [6.07, 6.45) is 2.70. The molecule has 12 nitrogen and oxygen atoms in total. The monoisotopic (exact) mass is 507 g/mol. The predicted molar refractivity (Wildman–Crippen MR) is 126 cm³/mol. The van der Waals surface area contributed by atoms with E-state index in [4.69, 9.17) is 25.1 Å². The van der Waals surface area contributed by atoms with Crippen LogP contribution in [0, 0.1) is 0 Å². The second-order valence-electron chi connectivity index (χ2n) is 8.08. The number of hydrogen-bond acceptors (Lipinski definition) is 9. The number of benzene rings is 1. The number of hydroxylamine groups is 1. The van der Waals surface area contributed by atoms with E-state index in [1.807, 2.05) is 0 Å². The number of nitrogen functional groups attached to an aromatic ring is 1. The molecule has 0 aliphatic carbocycles. The van der Waals surface area contributed by atoms with Gasteiger partial charge in [-0.2, -0.15) is 4.31 Å². The summed E-state index contributed by atoms with van der Waals surface area (Å²) in [5.74, 6) is 0.391. The smallest absolute Gasteiger partial charge is 0.290 e. The van der Waals surface area contributed by atoms with Gasteiger partial charge in [0.15, 0.2) is 0 Å². The summed E-state index contributed by atoms with van der Waals surface area (Å²) in [4.78, 5) is 28.0. The number of rotatable bonds is 8. The Labute approximate surface area is 205 Å². The molecule has 0 spiro atoms. The zero-order valence-corrected chi connectivity index (χ0v) is 20.0. The number of anilines is 1. The Balaban J connectivity index is 0.00000108. The summed E-state index contributed by atoms with van der Waals surface area (Å²) in [7, 11) is -0.00994. The number of methoxy groups -OCH3 is 1. The van der Waals surface area contributed by atoms with E-state index < -0.39 is 22.4 Å². The summed E-state index contributed by atoms with van der Waals surface area (Å²) >= 11 is 0. The number of carboxylic acid groups (broad SMARTS) is 1. The first-order chi connectivity index (χ1) is 16.9. The number of nitrogens with zero attached hydrogens (tertiary/aromatic N) is 3. The van der Waals surface area contributed by atoms with Gasteiger partial charge in [0.2, 0.25) is 5.88 Å². The number of aromatic nitrogens is 1. The van der Waals surface area contributed by atoms with Crippen LogP contribution >= 0.6 is 0 Å².